The zero-order chi connectivity index (χ0) is 27.3. The molecule has 2 aromatic carbocycles. The first-order chi connectivity index (χ1) is 18.7. The Hall–Kier alpha value is -4.99. The van der Waals surface area contributed by atoms with E-state index in [2.05, 4.69) is 19.9 Å². The van der Waals surface area contributed by atoms with E-state index in [-0.39, 0.29) is 12.6 Å². The molecular weight excluding hydrogens is 494 g/mol. The molecule has 0 saturated heterocycles. The standard InChI is InChI=1S/C29H27N7O3/c1-29(2,3)39-28(37)36-15-18-14-20(38-27-31-12-5-13-32-27)10-11-21(18)22-23-25(33-16-34-26(23)36)35(4)24(22)17-6-8-19(30)9-7-17/h5-14,16H,15,30H2,1-4H3. The van der Waals surface area contributed by atoms with Gasteiger partial charge in [0.1, 0.15) is 23.3 Å². The van der Waals surface area contributed by atoms with Crippen molar-refractivity contribution in [2.75, 3.05) is 10.6 Å². The SMILES string of the molecule is Cn1c(-c2ccc(N)cc2)c2c3c(ncnc31)N(C(=O)OC(C)(C)C)Cc1cc(Oc3ncccn3)ccc1-2. The van der Waals surface area contributed by atoms with Crippen LogP contribution in [-0.4, -0.2) is 36.2 Å². The van der Waals surface area contributed by atoms with Gasteiger partial charge in [0.25, 0.3) is 0 Å². The second-order valence-corrected chi connectivity index (χ2v) is 10.3. The van der Waals surface area contributed by atoms with Crippen LogP contribution in [0.2, 0.25) is 0 Å². The van der Waals surface area contributed by atoms with Crippen LogP contribution in [-0.2, 0) is 18.3 Å². The highest BCUT2D eigenvalue weighted by Crippen LogP contribution is 2.47. The smallest absolute Gasteiger partial charge is 0.416 e. The Balaban J connectivity index is 1.61. The molecule has 10 heteroatoms. The Kier molecular flexibility index (Phi) is 5.67. The van der Waals surface area contributed by atoms with Crippen molar-refractivity contribution in [1.29, 1.82) is 0 Å². The number of rotatable bonds is 3. The molecular formula is C29H27N7O3. The van der Waals surface area contributed by atoms with Crippen LogP contribution in [0.3, 0.4) is 0 Å². The predicted octanol–water partition coefficient (Wildman–Crippen LogP) is 5.72. The molecule has 1 aliphatic heterocycles. The highest BCUT2D eigenvalue weighted by atomic mass is 16.6. The van der Waals surface area contributed by atoms with Gasteiger partial charge in [-0.15, -0.1) is 0 Å². The molecule has 0 aliphatic carbocycles. The lowest BCUT2D eigenvalue weighted by Gasteiger charge is -2.26. The van der Waals surface area contributed by atoms with Gasteiger partial charge in [0, 0.05) is 30.7 Å². The first-order valence-electron chi connectivity index (χ1n) is 12.5. The lowest BCUT2D eigenvalue weighted by atomic mass is 9.95. The molecule has 0 atom stereocenters. The number of nitrogen functional groups attached to an aromatic ring is 1. The maximum absolute atomic E-state index is 13.6. The summed E-state index contributed by atoms with van der Waals surface area (Å²) in [6.07, 6.45) is 4.20. The third-order valence-corrected chi connectivity index (χ3v) is 6.43. The van der Waals surface area contributed by atoms with Gasteiger partial charge in [-0.25, -0.2) is 24.7 Å². The molecule has 0 spiro atoms. The monoisotopic (exact) mass is 521 g/mol. The fourth-order valence-corrected chi connectivity index (χ4v) is 4.85. The first-order valence-corrected chi connectivity index (χ1v) is 12.5. The number of hydrogen-bond donors (Lipinski definition) is 1. The zero-order valence-corrected chi connectivity index (χ0v) is 22.0. The van der Waals surface area contributed by atoms with Gasteiger partial charge in [-0.05, 0) is 67.8 Å². The number of fused-ring (bicyclic) bond motifs is 2. The van der Waals surface area contributed by atoms with E-state index < -0.39 is 11.7 Å². The van der Waals surface area contributed by atoms with Crippen LogP contribution < -0.4 is 15.4 Å². The summed E-state index contributed by atoms with van der Waals surface area (Å²) in [6, 6.07) is 15.4. The fraction of sp³-hybridized carbons (Fsp3) is 0.207. The molecule has 0 radical (unpaired) electrons. The summed E-state index contributed by atoms with van der Waals surface area (Å²) in [5.74, 6) is 1.02. The predicted molar refractivity (Wildman–Crippen MR) is 148 cm³/mol. The number of nitrogens with zero attached hydrogens (tertiary/aromatic N) is 6. The third-order valence-electron chi connectivity index (χ3n) is 6.43. The van der Waals surface area contributed by atoms with Gasteiger partial charge >= 0.3 is 12.1 Å². The second-order valence-electron chi connectivity index (χ2n) is 10.3. The van der Waals surface area contributed by atoms with Crippen molar-refractivity contribution in [3.05, 3.63) is 72.8 Å². The molecule has 10 nitrogen and oxygen atoms in total. The average Bonchev–Trinajstić information content (AvgIpc) is 3.11. The Bertz CT molecular complexity index is 1710. The highest BCUT2D eigenvalue weighted by Gasteiger charge is 2.34. The number of hydrogen-bond acceptors (Lipinski definition) is 8. The van der Waals surface area contributed by atoms with Gasteiger partial charge in [0.2, 0.25) is 0 Å². The number of benzene rings is 2. The minimum atomic E-state index is -0.692. The van der Waals surface area contributed by atoms with E-state index in [1.807, 2.05) is 74.9 Å². The molecule has 6 rings (SSSR count). The van der Waals surface area contributed by atoms with Crippen LogP contribution in [0.15, 0.2) is 67.3 Å². The van der Waals surface area contributed by atoms with Crippen molar-refractivity contribution in [1.82, 2.24) is 24.5 Å². The van der Waals surface area contributed by atoms with Gasteiger partial charge in [-0.1, -0.05) is 18.2 Å². The van der Waals surface area contributed by atoms with Gasteiger partial charge < -0.3 is 19.8 Å². The molecule has 5 aromatic rings. The van der Waals surface area contributed by atoms with Crippen LogP contribution in [0.5, 0.6) is 11.8 Å². The van der Waals surface area contributed by atoms with Crippen molar-refractivity contribution in [3.63, 3.8) is 0 Å². The van der Waals surface area contributed by atoms with Crippen molar-refractivity contribution in [2.24, 2.45) is 7.05 Å². The van der Waals surface area contributed by atoms with E-state index >= 15 is 0 Å². The molecule has 1 amide bonds. The highest BCUT2D eigenvalue weighted by molar-refractivity contribution is 6.12. The van der Waals surface area contributed by atoms with Crippen molar-refractivity contribution < 1.29 is 14.3 Å². The summed E-state index contributed by atoms with van der Waals surface area (Å²) < 4.78 is 13.8. The van der Waals surface area contributed by atoms with Crippen molar-refractivity contribution >= 4 is 28.6 Å². The Morgan fingerprint density at radius 2 is 1.74 bits per heavy atom. The molecule has 39 heavy (non-hydrogen) atoms. The summed E-state index contributed by atoms with van der Waals surface area (Å²) in [5.41, 5.74) is 11.2. The van der Waals surface area contributed by atoms with Gasteiger partial charge in [-0.2, -0.15) is 0 Å². The summed E-state index contributed by atoms with van der Waals surface area (Å²) in [7, 11) is 1.96. The molecule has 196 valence electrons. The molecule has 4 heterocycles. The summed E-state index contributed by atoms with van der Waals surface area (Å²) in [4.78, 5) is 32.7. The van der Waals surface area contributed by atoms with Crippen LogP contribution in [0.25, 0.3) is 33.4 Å². The second kappa shape index (κ2) is 9.09. The van der Waals surface area contributed by atoms with E-state index in [1.165, 1.54) is 6.33 Å². The van der Waals surface area contributed by atoms with Gasteiger partial charge in [-0.3, -0.25) is 4.90 Å². The first kappa shape index (κ1) is 24.4. The number of nitrogens with two attached hydrogens (primary N) is 1. The lowest BCUT2D eigenvalue weighted by Crippen LogP contribution is -2.37. The number of aryl methyl sites for hydroxylation is 1. The zero-order valence-electron chi connectivity index (χ0n) is 22.0. The maximum atomic E-state index is 13.6. The number of ether oxygens (including phenoxy) is 2. The van der Waals surface area contributed by atoms with E-state index in [1.54, 1.807) is 23.4 Å². The Morgan fingerprint density at radius 1 is 1.00 bits per heavy atom. The topological polar surface area (TPSA) is 121 Å². The number of carbonyl (C=O) groups excluding carboxylic acids is 1. The lowest BCUT2D eigenvalue weighted by molar-refractivity contribution is 0.0577. The maximum Gasteiger partial charge on any atom is 0.416 e. The Morgan fingerprint density at radius 3 is 2.46 bits per heavy atom. The normalized spacial score (nSPS) is 12.7. The summed E-state index contributed by atoms with van der Waals surface area (Å²) >= 11 is 0. The van der Waals surface area contributed by atoms with Crippen molar-refractivity contribution in [3.8, 4) is 34.1 Å². The molecule has 0 saturated carbocycles. The molecule has 0 bridgehead atoms. The quantitative estimate of drug-likeness (QED) is 0.299. The van der Waals surface area contributed by atoms with Gasteiger partial charge in [0.05, 0.1) is 17.6 Å². The van der Waals surface area contributed by atoms with Crippen molar-refractivity contribution in [2.45, 2.75) is 32.9 Å². The molecule has 0 unspecified atom stereocenters. The van der Waals surface area contributed by atoms with Gasteiger partial charge in [0.15, 0.2) is 5.82 Å². The third kappa shape index (κ3) is 4.39. The van der Waals surface area contributed by atoms with Crippen LogP contribution in [0, 0.1) is 0 Å². The minimum Gasteiger partial charge on any atom is -0.443 e. The summed E-state index contributed by atoms with van der Waals surface area (Å²) in [6.45, 7) is 5.73. The average molecular weight is 522 g/mol. The molecule has 3 aromatic heterocycles. The number of anilines is 2. The minimum absolute atomic E-state index is 0.211. The van der Waals surface area contributed by atoms with E-state index in [9.17, 15) is 4.79 Å². The number of carbonyl (C=O) groups is 1. The number of aromatic nitrogens is 5. The molecule has 0 fully saturated rings. The Labute approximate surface area is 225 Å². The summed E-state index contributed by atoms with van der Waals surface area (Å²) in [5, 5.41) is 0.761. The van der Waals surface area contributed by atoms with E-state index in [4.69, 9.17) is 15.2 Å². The fourth-order valence-electron chi connectivity index (χ4n) is 4.85. The van der Waals surface area contributed by atoms with Crippen LogP contribution in [0.4, 0.5) is 16.3 Å². The number of amides is 1. The van der Waals surface area contributed by atoms with E-state index in [0.29, 0.717) is 22.9 Å². The van der Waals surface area contributed by atoms with Crippen LogP contribution in [0.1, 0.15) is 26.3 Å². The largest absolute Gasteiger partial charge is 0.443 e. The molecule has 2 N–H and O–H groups in total. The molecule has 1 aliphatic rings. The van der Waals surface area contributed by atoms with E-state index in [0.717, 1.165) is 33.3 Å². The van der Waals surface area contributed by atoms with Crippen LogP contribution >= 0.6 is 0 Å².